The number of hydrogen-bond donors (Lipinski definition) is 4. The summed E-state index contributed by atoms with van der Waals surface area (Å²) in [5, 5.41) is 26.7. The van der Waals surface area contributed by atoms with Crippen molar-refractivity contribution in [3.63, 3.8) is 0 Å². The Morgan fingerprint density at radius 2 is 1.56 bits per heavy atom. The van der Waals surface area contributed by atoms with Crippen molar-refractivity contribution < 1.29 is 48.0 Å². The van der Waals surface area contributed by atoms with Gasteiger partial charge >= 0.3 is 0 Å². The number of benzene rings is 3. The topological polar surface area (TPSA) is 229 Å². The normalized spacial score (nSPS) is 17.4. The van der Waals surface area contributed by atoms with Crippen LogP contribution >= 0.6 is 11.3 Å². The third kappa shape index (κ3) is 13.3. The molecule has 0 spiro atoms. The number of nitrogens with zero attached hydrogens (tertiary/aromatic N) is 5. The first kappa shape index (κ1) is 57.6. The van der Waals surface area contributed by atoms with Gasteiger partial charge in [-0.3, -0.25) is 24.0 Å². The number of aliphatic hydroxyl groups excluding tert-OH is 1. The second kappa shape index (κ2) is 25.5. The van der Waals surface area contributed by atoms with Gasteiger partial charge in [0, 0.05) is 85.4 Å². The van der Waals surface area contributed by atoms with Crippen molar-refractivity contribution in [3.05, 3.63) is 105 Å². The molecule has 2 fully saturated rings. The zero-order valence-corrected chi connectivity index (χ0v) is 46.8. The molecule has 0 saturated carbocycles. The fourth-order valence-electron chi connectivity index (χ4n) is 10.6. The molecular weight excluding hydrogens is 1010 g/mol. The maximum atomic E-state index is 14.1. The van der Waals surface area contributed by atoms with Crippen LogP contribution in [-0.4, -0.2) is 158 Å². The lowest BCUT2D eigenvalue weighted by atomic mass is 9.70. The molecule has 18 nitrogen and oxygen atoms in total. The summed E-state index contributed by atoms with van der Waals surface area (Å²) in [5.41, 5.74) is 10.3. The van der Waals surface area contributed by atoms with Gasteiger partial charge in [-0.1, -0.05) is 71.9 Å². The molecule has 8 rings (SSSR count). The number of amides is 4. The van der Waals surface area contributed by atoms with E-state index in [1.165, 1.54) is 4.90 Å². The number of nitrogens with one attached hydrogen (secondary N) is 3. The Kier molecular flexibility index (Phi) is 18.8. The maximum absolute atomic E-state index is 14.1. The van der Waals surface area contributed by atoms with E-state index in [4.69, 9.17) is 18.9 Å². The fourth-order valence-corrected chi connectivity index (χ4v) is 11.4. The highest BCUT2D eigenvalue weighted by atomic mass is 32.1. The van der Waals surface area contributed by atoms with Gasteiger partial charge in [-0.2, -0.15) is 5.26 Å². The van der Waals surface area contributed by atoms with E-state index >= 15 is 0 Å². The Hall–Kier alpha value is -6.53. The van der Waals surface area contributed by atoms with Crippen LogP contribution in [0.4, 0.5) is 5.69 Å². The number of carbonyl (C=O) groups excluding carboxylic acids is 5. The second-order valence-corrected chi connectivity index (χ2v) is 22.7. The van der Waals surface area contributed by atoms with Crippen LogP contribution in [0, 0.1) is 23.7 Å². The zero-order valence-electron chi connectivity index (χ0n) is 46.0. The predicted octanol–water partition coefficient (Wildman–Crippen LogP) is 6.21. The molecule has 19 heteroatoms. The number of hydrogen-bond acceptors (Lipinski definition) is 14. The number of β-amino-alcohol motifs (C(OH)–C–C–N with tert-alkyl or cyclic N) is 1. The number of anilines is 1. The number of ether oxygens (including phenoxy) is 4. The Morgan fingerprint density at radius 1 is 0.910 bits per heavy atom. The largest absolute Gasteiger partial charge is 0.391 e. The standard InChI is InChI=1S/C59H74N8O10S/c1-8-40-30-44-45(59(6,7)54-51(52(44)71)43-14-11-39(33-60)29-46(43)63-54)32-47(40)65-17-19-66(20-18-65)50(70)16-22-75-24-26-77-28-27-76-25-23-74-21-15-49(69)64-55(58(3,4)5)57(73)67-35-42(68)31-48(67)56(72)61-34-38-9-12-41(13-10-38)53-37(2)62-36-78-53/h9-14,29-30,32,36,42,48,55,63,68H,8,15-28,31,34-35H2,1-7H3,(H,61,72)(H,64,69)/t42-,48+,55-/m1/s1. The second-order valence-electron chi connectivity index (χ2n) is 21.8. The molecule has 0 radical (unpaired) electrons. The number of thiazole rings is 1. The highest BCUT2D eigenvalue weighted by molar-refractivity contribution is 7.13. The lowest BCUT2D eigenvalue weighted by molar-refractivity contribution is -0.144. The predicted molar refractivity (Wildman–Crippen MR) is 297 cm³/mol. The van der Waals surface area contributed by atoms with Crippen molar-refractivity contribution in [3.8, 4) is 16.5 Å². The highest BCUT2D eigenvalue weighted by Gasteiger charge is 2.45. The highest BCUT2D eigenvalue weighted by Crippen LogP contribution is 2.46. The van der Waals surface area contributed by atoms with Gasteiger partial charge in [0.1, 0.15) is 12.1 Å². The summed E-state index contributed by atoms with van der Waals surface area (Å²) < 4.78 is 22.6. The molecule has 2 aliphatic heterocycles. The summed E-state index contributed by atoms with van der Waals surface area (Å²) in [4.78, 5) is 82.2. The van der Waals surface area contributed by atoms with E-state index < -0.39 is 34.9 Å². The number of aromatic amines is 1. The summed E-state index contributed by atoms with van der Waals surface area (Å²) in [6.07, 6.45) is 0.274. The van der Waals surface area contributed by atoms with Gasteiger partial charge in [-0.15, -0.1) is 11.3 Å². The van der Waals surface area contributed by atoms with Gasteiger partial charge < -0.3 is 54.4 Å². The van der Waals surface area contributed by atoms with Crippen molar-refractivity contribution >= 4 is 57.3 Å². The van der Waals surface area contributed by atoms with Gasteiger partial charge in [0.25, 0.3) is 0 Å². The molecule has 3 atom stereocenters. The third-order valence-corrected chi connectivity index (χ3v) is 16.0. The van der Waals surface area contributed by atoms with Crippen LogP contribution in [0.2, 0.25) is 0 Å². The third-order valence-electron chi connectivity index (χ3n) is 15.0. The summed E-state index contributed by atoms with van der Waals surface area (Å²) in [5.74, 6) is -1.13. The van der Waals surface area contributed by atoms with Gasteiger partial charge in [0.2, 0.25) is 23.6 Å². The average molecular weight is 1090 g/mol. The number of H-pyrrole nitrogens is 1. The Morgan fingerprint density at radius 3 is 2.18 bits per heavy atom. The number of carbonyl (C=O) groups is 5. The number of fused-ring (bicyclic) bond motifs is 4. The van der Waals surface area contributed by atoms with E-state index in [0.29, 0.717) is 75.9 Å². The van der Waals surface area contributed by atoms with Crippen LogP contribution in [0.5, 0.6) is 0 Å². The number of ketones is 1. The Labute approximate surface area is 460 Å². The van der Waals surface area contributed by atoms with Gasteiger partial charge in [0.15, 0.2) is 5.78 Å². The molecule has 0 bridgehead atoms. The van der Waals surface area contributed by atoms with E-state index in [1.54, 1.807) is 23.5 Å². The zero-order chi connectivity index (χ0) is 55.7. The quantitative estimate of drug-likeness (QED) is 0.0535. The van der Waals surface area contributed by atoms with Gasteiger partial charge in [-0.25, -0.2) is 4.98 Å². The van der Waals surface area contributed by atoms with Crippen LogP contribution in [0.3, 0.4) is 0 Å². The first-order chi connectivity index (χ1) is 37.4. The molecular formula is C59H74N8O10S. The van der Waals surface area contributed by atoms with Crippen molar-refractivity contribution in [2.75, 3.05) is 90.5 Å². The number of aromatic nitrogens is 2. The molecule has 416 valence electrons. The van der Waals surface area contributed by atoms with Crippen molar-refractivity contribution in [1.29, 1.82) is 5.26 Å². The van der Waals surface area contributed by atoms with Crippen molar-refractivity contribution in [1.82, 2.24) is 30.4 Å². The lowest BCUT2D eigenvalue weighted by Gasteiger charge is -2.39. The molecule has 3 aliphatic rings. The molecule has 1 aliphatic carbocycles. The van der Waals surface area contributed by atoms with Crippen LogP contribution in [0.25, 0.3) is 21.3 Å². The molecule has 3 aromatic carbocycles. The molecule has 5 aromatic rings. The molecule has 4 amide bonds. The molecule has 0 unspecified atom stereocenters. The first-order valence-corrected chi connectivity index (χ1v) is 27.9. The SMILES string of the molecule is CCc1cc2c(cc1N1CCN(C(=O)CCOCCOCCOCCOCCC(=O)N[C@H](C(=O)N3C[C@H](O)C[C@H]3C(=O)NCc3ccc(-c4scnc4C)cc3)C(C)(C)C)CC1)C(C)(C)c1[nH]c3cc(C#N)ccc3c1C2=O. The van der Waals surface area contributed by atoms with E-state index in [-0.39, 0.29) is 75.7 Å². The number of aryl methyl sites for hydroxylation is 2. The molecule has 4 N–H and O–H groups in total. The van der Waals surface area contributed by atoms with E-state index in [0.717, 1.165) is 61.5 Å². The van der Waals surface area contributed by atoms with Crippen molar-refractivity contribution in [2.24, 2.45) is 5.41 Å². The number of piperazine rings is 1. The van der Waals surface area contributed by atoms with E-state index in [2.05, 4.69) is 64.5 Å². The van der Waals surface area contributed by atoms with Crippen LogP contribution in [0.1, 0.15) is 110 Å². The summed E-state index contributed by atoms with van der Waals surface area (Å²) in [6.45, 7) is 19.0. The minimum absolute atomic E-state index is 0.00526. The molecule has 78 heavy (non-hydrogen) atoms. The molecule has 2 aromatic heterocycles. The molecule has 2 saturated heterocycles. The summed E-state index contributed by atoms with van der Waals surface area (Å²) in [6, 6.07) is 17.9. The number of likely N-dealkylation sites (tertiary alicyclic amines) is 1. The minimum atomic E-state index is -0.940. The summed E-state index contributed by atoms with van der Waals surface area (Å²) >= 11 is 1.57. The van der Waals surface area contributed by atoms with E-state index in [1.807, 2.05) is 68.4 Å². The van der Waals surface area contributed by atoms with E-state index in [9.17, 15) is 34.3 Å². The van der Waals surface area contributed by atoms with Gasteiger partial charge in [-0.05, 0) is 65.3 Å². The first-order valence-electron chi connectivity index (χ1n) is 27.1. The van der Waals surface area contributed by atoms with Gasteiger partial charge in [0.05, 0.1) is 98.7 Å². The fraction of sp³-hybridized carbons (Fsp3) is 0.508. The van der Waals surface area contributed by atoms with Crippen LogP contribution in [0.15, 0.2) is 60.1 Å². The maximum Gasteiger partial charge on any atom is 0.246 e. The Bertz CT molecular complexity index is 3000. The summed E-state index contributed by atoms with van der Waals surface area (Å²) in [7, 11) is 0. The number of rotatable bonds is 23. The monoisotopic (exact) mass is 1090 g/mol. The van der Waals surface area contributed by atoms with Crippen LogP contribution in [-0.2, 0) is 56.5 Å². The minimum Gasteiger partial charge on any atom is -0.391 e. The number of nitriles is 1. The average Bonchev–Trinajstić information content (AvgIpc) is 4.35. The van der Waals surface area contributed by atoms with Crippen molar-refractivity contribution in [2.45, 2.75) is 104 Å². The number of aliphatic hydroxyl groups is 1. The Balaban J connectivity index is 0.667. The lowest BCUT2D eigenvalue weighted by Crippen LogP contribution is -2.57. The van der Waals surface area contributed by atoms with Crippen LogP contribution < -0.4 is 15.5 Å². The molecule has 4 heterocycles. The smallest absolute Gasteiger partial charge is 0.246 e.